The lowest BCUT2D eigenvalue weighted by Crippen LogP contribution is -2.30. The first-order valence-corrected chi connectivity index (χ1v) is 6.69. The molecule has 21 heavy (non-hydrogen) atoms. The molecule has 1 aliphatic rings. The van der Waals surface area contributed by atoms with Crippen LogP contribution in [0.4, 0.5) is 0 Å². The van der Waals surface area contributed by atoms with Gasteiger partial charge in [0.1, 0.15) is 0 Å². The van der Waals surface area contributed by atoms with Gasteiger partial charge in [0.25, 0.3) is 11.6 Å². The highest BCUT2D eigenvalue weighted by Gasteiger charge is 2.32. The number of esters is 1. The van der Waals surface area contributed by atoms with Crippen LogP contribution in [0, 0.1) is 12.8 Å². The quantitative estimate of drug-likeness (QED) is 0.771. The molecular formula is C14H15N3O4. The van der Waals surface area contributed by atoms with E-state index in [1.165, 1.54) is 13.3 Å². The molecule has 0 spiro atoms. The fourth-order valence-corrected chi connectivity index (χ4v) is 2.55. The standard InChI is InChI=1S/C14H15N3O4/c1-8-11-5-10(6-15-12(11)21-16-8)13(18)17-4-3-9(7-17)14(19)20-2/h5-6,9H,3-4,7H2,1-2H3. The number of hydrogen-bond donors (Lipinski definition) is 0. The average molecular weight is 289 g/mol. The molecule has 1 unspecified atom stereocenters. The number of carbonyl (C=O) groups excluding carboxylic acids is 2. The van der Waals surface area contributed by atoms with Crippen molar-refractivity contribution >= 4 is 23.0 Å². The zero-order chi connectivity index (χ0) is 15.0. The van der Waals surface area contributed by atoms with Crippen molar-refractivity contribution in [3.8, 4) is 0 Å². The summed E-state index contributed by atoms with van der Waals surface area (Å²) in [6.07, 6.45) is 2.10. The molecule has 0 aliphatic carbocycles. The van der Waals surface area contributed by atoms with E-state index in [4.69, 9.17) is 9.26 Å². The van der Waals surface area contributed by atoms with Crippen LogP contribution in [-0.2, 0) is 9.53 Å². The highest BCUT2D eigenvalue weighted by molar-refractivity contribution is 5.97. The maximum Gasteiger partial charge on any atom is 0.310 e. The Morgan fingerprint density at radius 3 is 3.05 bits per heavy atom. The minimum atomic E-state index is -0.270. The molecule has 2 aromatic rings. The molecule has 1 aliphatic heterocycles. The molecule has 1 atom stereocenters. The summed E-state index contributed by atoms with van der Waals surface area (Å²) in [5.74, 6) is -0.655. The number of rotatable bonds is 2. The average Bonchev–Trinajstić information content (AvgIpc) is 3.13. The van der Waals surface area contributed by atoms with Crippen molar-refractivity contribution in [2.45, 2.75) is 13.3 Å². The number of pyridine rings is 1. The Labute approximate surface area is 120 Å². The Hall–Kier alpha value is -2.44. The molecule has 1 saturated heterocycles. The molecule has 7 heteroatoms. The van der Waals surface area contributed by atoms with E-state index >= 15 is 0 Å². The maximum atomic E-state index is 12.5. The number of hydrogen-bond acceptors (Lipinski definition) is 6. The topological polar surface area (TPSA) is 85.5 Å². The van der Waals surface area contributed by atoms with Crippen LogP contribution in [0.2, 0.25) is 0 Å². The van der Waals surface area contributed by atoms with Gasteiger partial charge in [0.15, 0.2) is 0 Å². The number of methoxy groups -OCH3 is 1. The second-order valence-electron chi connectivity index (χ2n) is 5.10. The SMILES string of the molecule is COC(=O)C1CCN(C(=O)c2cnc3onc(C)c3c2)C1. The van der Waals surface area contributed by atoms with Gasteiger partial charge in [-0.1, -0.05) is 5.16 Å². The maximum absolute atomic E-state index is 12.5. The van der Waals surface area contributed by atoms with Crippen molar-refractivity contribution in [1.29, 1.82) is 0 Å². The van der Waals surface area contributed by atoms with Crippen molar-refractivity contribution in [2.75, 3.05) is 20.2 Å². The molecule has 0 saturated carbocycles. The van der Waals surface area contributed by atoms with Crippen LogP contribution >= 0.6 is 0 Å². The molecule has 3 rings (SSSR count). The van der Waals surface area contributed by atoms with E-state index in [0.717, 1.165) is 5.39 Å². The molecule has 0 radical (unpaired) electrons. The minimum absolute atomic E-state index is 0.142. The third kappa shape index (κ3) is 2.35. The van der Waals surface area contributed by atoms with Gasteiger partial charge in [-0.25, -0.2) is 4.98 Å². The van der Waals surface area contributed by atoms with Crippen molar-refractivity contribution in [3.63, 3.8) is 0 Å². The van der Waals surface area contributed by atoms with Crippen LogP contribution in [0.15, 0.2) is 16.8 Å². The molecular weight excluding hydrogens is 274 g/mol. The van der Waals surface area contributed by atoms with E-state index in [1.54, 1.807) is 17.9 Å². The van der Waals surface area contributed by atoms with Gasteiger partial charge in [0.2, 0.25) is 0 Å². The highest BCUT2D eigenvalue weighted by Crippen LogP contribution is 2.22. The van der Waals surface area contributed by atoms with Crippen molar-refractivity contribution in [1.82, 2.24) is 15.0 Å². The lowest BCUT2D eigenvalue weighted by atomic mass is 10.1. The first-order chi connectivity index (χ1) is 10.1. The number of nitrogens with zero attached hydrogens (tertiary/aromatic N) is 3. The van der Waals surface area contributed by atoms with Crippen molar-refractivity contribution in [3.05, 3.63) is 23.5 Å². The number of amides is 1. The largest absolute Gasteiger partial charge is 0.469 e. The van der Waals surface area contributed by atoms with Gasteiger partial charge in [-0.2, -0.15) is 0 Å². The van der Waals surface area contributed by atoms with E-state index in [-0.39, 0.29) is 17.8 Å². The predicted octanol–water partition coefficient (Wildman–Crippen LogP) is 1.17. The van der Waals surface area contributed by atoms with Crippen LogP contribution < -0.4 is 0 Å². The number of fused-ring (bicyclic) bond motifs is 1. The van der Waals surface area contributed by atoms with Gasteiger partial charge in [0, 0.05) is 19.3 Å². The highest BCUT2D eigenvalue weighted by atomic mass is 16.5. The summed E-state index contributed by atoms with van der Waals surface area (Å²) >= 11 is 0. The van der Waals surface area contributed by atoms with E-state index in [2.05, 4.69) is 10.1 Å². The minimum Gasteiger partial charge on any atom is -0.469 e. The Kier molecular flexibility index (Phi) is 3.32. The summed E-state index contributed by atoms with van der Waals surface area (Å²) in [4.78, 5) is 29.7. The molecule has 7 nitrogen and oxygen atoms in total. The van der Waals surface area contributed by atoms with Crippen molar-refractivity contribution in [2.24, 2.45) is 5.92 Å². The Balaban J connectivity index is 1.81. The van der Waals surface area contributed by atoms with Crippen molar-refractivity contribution < 1.29 is 18.8 Å². The Morgan fingerprint density at radius 1 is 1.48 bits per heavy atom. The first-order valence-electron chi connectivity index (χ1n) is 6.69. The second kappa shape index (κ2) is 5.16. The van der Waals surface area contributed by atoms with Gasteiger partial charge < -0.3 is 14.2 Å². The summed E-state index contributed by atoms with van der Waals surface area (Å²) in [6.45, 7) is 2.72. The van der Waals surface area contributed by atoms with Gasteiger partial charge in [0.05, 0.1) is 29.7 Å². The number of aryl methyl sites for hydroxylation is 1. The fraction of sp³-hybridized carbons (Fsp3) is 0.429. The van der Waals surface area contributed by atoms with Crippen LogP contribution in [0.1, 0.15) is 22.5 Å². The zero-order valence-electron chi connectivity index (χ0n) is 11.8. The van der Waals surface area contributed by atoms with Gasteiger partial charge in [-0.05, 0) is 19.4 Å². The van der Waals surface area contributed by atoms with E-state index in [0.29, 0.717) is 36.5 Å². The Bertz CT molecular complexity index is 709. The third-order valence-corrected chi connectivity index (χ3v) is 3.77. The normalized spacial score (nSPS) is 18.2. The lowest BCUT2D eigenvalue weighted by molar-refractivity contribution is -0.144. The van der Waals surface area contributed by atoms with E-state index < -0.39 is 0 Å². The second-order valence-corrected chi connectivity index (χ2v) is 5.10. The van der Waals surface area contributed by atoms with E-state index in [1.807, 2.05) is 0 Å². The molecule has 1 amide bonds. The third-order valence-electron chi connectivity index (χ3n) is 3.77. The van der Waals surface area contributed by atoms with E-state index in [9.17, 15) is 9.59 Å². The molecule has 1 fully saturated rings. The fourth-order valence-electron chi connectivity index (χ4n) is 2.55. The number of likely N-dealkylation sites (tertiary alicyclic amines) is 1. The van der Waals surface area contributed by atoms with Gasteiger partial charge in [-0.15, -0.1) is 0 Å². The summed E-state index contributed by atoms with van der Waals surface area (Å²) in [6, 6.07) is 1.72. The lowest BCUT2D eigenvalue weighted by Gasteiger charge is -2.15. The molecule has 0 N–H and O–H groups in total. The molecule has 2 aromatic heterocycles. The number of aromatic nitrogens is 2. The predicted molar refractivity (Wildman–Crippen MR) is 72.6 cm³/mol. The van der Waals surface area contributed by atoms with Crippen LogP contribution in [0.3, 0.4) is 0 Å². The summed E-state index contributed by atoms with van der Waals surface area (Å²) in [5.41, 5.74) is 1.58. The molecule has 0 bridgehead atoms. The van der Waals surface area contributed by atoms with Gasteiger partial charge >= 0.3 is 5.97 Å². The smallest absolute Gasteiger partial charge is 0.310 e. The molecule has 110 valence electrons. The van der Waals surface area contributed by atoms with Crippen LogP contribution in [0.25, 0.3) is 11.1 Å². The summed E-state index contributed by atoms with van der Waals surface area (Å²) in [7, 11) is 1.36. The van der Waals surface area contributed by atoms with Crippen LogP contribution in [0.5, 0.6) is 0 Å². The van der Waals surface area contributed by atoms with Crippen LogP contribution in [-0.4, -0.2) is 47.1 Å². The zero-order valence-corrected chi connectivity index (χ0v) is 11.8. The summed E-state index contributed by atoms with van der Waals surface area (Å²) in [5, 5.41) is 4.54. The molecule has 0 aromatic carbocycles. The monoisotopic (exact) mass is 289 g/mol. The van der Waals surface area contributed by atoms with Gasteiger partial charge in [-0.3, -0.25) is 9.59 Å². The number of ether oxygens (including phenoxy) is 1. The molecule has 3 heterocycles. The number of carbonyl (C=O) groups is 2. The first kappa shape index (κ1) is 13.5. The summed E-state index contributed by atoms with van der Waals surface area (Å²) < 4.78 is 9.75. The Morgan fingerprint density at radius 2 is 2.29 bits per heavy atom.